The van der Waals surface area contributed by atoms with Gasteiger partial charge >= 0.3 is 0 Å². The van der Waals surface area contributed by atoms with Crippen LogP contribution in [0.25, 0.3) is 49.7 Å². The van der Waals surface area contributed by atoms with Gasteiger partial charge < -0.3 is 9.67 Å². The van der Waals surface area contributed by atoms with Crippen molar-refractivity contribution >= 4 is 53.7 Å². The van der Waals surface area contributed by atoms with Crippen LogP contribution in [0.5, 0.6) is 0 Å². The van der Waals surface area contributed by atoms with E-state index in [2.05, 4.69) is 146 Å². The van der Waals surface area contributed by atoms with Gasteiger partial charge in [0.25, 0.3) is 0 Å². The molecular weight excluding hydrogens is 634 g/mol. The van der Waals surface area contributed by atoms with Gasteiger partial charge in [-0.05, 0) is 76.9 Å². The molecule has 0 amide bonds. The third-order valence-electron chi connectivity index (χ3n) is 8.35. The van der Waals surface area contributed by atoms with E-state index < -0.39 is 5.60 Å². The molecule has 0 saturated carbocycles. The lowest BCUT2D eigenvalue weighted by atomic mass is 9.80. The zero-order chi connectivity index (χ0) is 27.7. The molecule has 4 heteroatoms. The first-order chi connectivity index (χ1) is 20.0. The van der Waals surface area contributed by atoms with E-state index in [0.29, 0.717) is 0 Å². The summed E-state index contributed by atoms with van der Waals surface area (Å²) in [5.41, 5.74) is 8.95. The van der Waals surface area contributed by atoms with Crippen molar-refractivity contribution in [2.45, 2.75) is 5.60 Å². The Kier molecular flexibility index (Phi) is 5.62. The maximum Gasteiger partial charge on any atom is 0.142 e. The molecule has 41 heavy (non-hydrogen) atoms. The first-order valence-corrected chi connectivity index (χ1v) is 15.1. The first-order valence-electron chi connectivity index (χ1n) is 13.6. The molecule has 0 spiro atoms. The lowest BCUT2D eigenvalue weighted by molar-refractivity contribution is 0.131. The molecule has 1 aromatic heterocycles. The van der Waals surface area contributed by atoms with Crippen LogP contribution >= 0.6 is 31.9 Å². The summed E-state index contributed by atoms with van der Waals surface area (Å²) in [7, 11) is 0. The van der Waals surface area contributed by atoms with Crippen LogP contribution in [0.3, 0.4) is 0 Å². The second-order valence-corrected chi connectivity index (χ2v) is 12.4. The highest BCUT2D eigenvalue weighted by Crippen LogP contribution is 2.54. The molecule has 0 aliphatic heterocycles. The fraction of sp³-hybridized carbons (Fsp3) is 0.0270. The Balaban J connectivity index is 1.39. The van der Waals surface area contributed by atoms with Gasteiger partial charge in [-0.3, -0.25) is 0 Å². The summed E-state index contributed by atoms with van der Waals surface area (Å²) in [4.78, 5) is 0. The summed E-state index contributed by atoms with van der Waals surface area (Å²) in [6.07, 6.45) is 0. The average molecular weight is 657 g/mol. The van der Waals surface area contributed by atoms with E-state index in [-0.39, 0.29) is 0 Å². The summed E-state index contributed by atoms with van der Waals surface area (Å²) >= 11 is 7.32. The first kappa shape index (κ1) is 24.8. The van der Waals surface area contributed by atoms with Gasteiger partial charge in [0.05, 0.1) is 11.0 Å². The quantitative estimate of drug-likeness (QED) is 0.201. The summed E-state index contributed by atoms with van der Waals surface area (Å²) in [6, 6.07) is 46.4. The van der Waals surface area contributed by atoms with Crippen LogP contribution < -0.4 is 0 Å². The number of hydrogen-bond donors (Lipinski definition) is 1. The number of nitrogens with zero attached hydrogens (tertiary/aromatic N) is 1. The molecule has 1 N–H and O–H groups in total. The maximum absolute atomic E-state index is 12.9. The number of rotatable bonds is 3. The number of hydrogen-bond acceptors (Lipinski definition) is 1. The Morgan fingerprint density at radius 3 is 1.83 bits per heavy atom. The molecule has 8 rings (SSSR count). The van der Waals surface area contributed by atoms with Gasteiger partial charge in [-0.25, -0.2) is 0 Å². The largest absolute Gasteiger partial charge is 0.376 e. The fourth-order valence-corrected chi connectivity index (χ4v) is 7.30. The maximum atomic E-state index is 12.9. The highest BCUT2D eigenvalue weighted by Gasteiger charge is 2.44. The van der Waals surface area contributed by atoms with Gasteiger partial charge in [-0.15, -0.1) is 0 Å². The Bertz CT molecular complexity index is 2090. The van der Waals surface area contributed by atoms with E-state index in [4.69, 9.17) is 0 Å². The molecule has 1 aliphatic carbocycles. The van der Waals surface area contributed by atoms with Gasteiger partial charge in [0.2, 0.25) is 0 Å². The molecule has 0 fully saturated rings. The summed E-state index contributed by atoms with van der Waals surface area (Å²) < 4.78 is 4.20. The average Bonchev–Trinajstić information content (AvgIpc) is 3.47. The lowest BCUT2D eigenvalue weighted by Gasteiger charge is -2.29. The number of benzene rings is 6. The van der Waals surface area contributed by atoms with Crippen LogP contribution in [0.15, 0.2) is 142 Å². The lowest BCUT2D eigenvalue weighted by Crippen LogP contribution is -2.27. The highest BCUT2D eigenvalue weighted by molar-refractivity contribution is 9.10. The molecule has 1 aliphatic rings. The Morgan fingerprint density at radius 1 is 0.488 bits per heavy atom. The molecule has 6 aromatic carbocycles. The van der Waals surface area contributed by atoms with Crippen molar-refractivity contribution in [3.63, 3.8) is 0 Å². The van der Waals surface area contributed by atoms with Crippen LogP contribution in [-0.4, -0.2) is 9.67 Å². The van der Waals surface area contributed by atoms with E-state index in [1.807, 2.05) is 24.3 Å². The van der Waals surface area contributed by atoms with Crippen LogP contribution in [-0.2, 0) is 5.60 Å². The molecule has 0 atom stereocenters. The van der Waals surface area contributed by atoms with E-state index >= 15 is 0 Å². The fourth-order valence-electron chi connectivity index (χ4n) is 6.58. The minimum Gasteiger partial charge on any atom is -0.376 e. The zero-order valence-electron chi connectivity index (χ0n) is 21.9. The van der Waals surface area contributed by atoms with E-state index in [0.717, 1.165) is 59.1 Å². The summed E-state index contributed by atoms with van der Waals surface area (Å²) in [6.45, 7) is 0. The number of para-hydroxylation sites is 2. The molecule has 196 valence electrons. The summed E-state index contributed by atoms with van der Waals surface area (Å²) in [5, 5.41) is 15.2. The summed E-state index contributed by atoms with van der Waals surface area (Å²) in [5.74, 6) is 0. The minimum atomic E-state index is -1.32. The predicted molar refractivity (Wildman–Crippen MR) is 176 cm³/mol. The number of halogens is 2. The molecule has 1 heterocycles. The van der Waals surface area contributed by atoms with Crippen molar-refractivity contribution in [2.75, 3.05) is 0 Å². The Labute approximate surface area is 254 Å². The Hall–Kier alpha value is -3.96. The SMILES string of the molecule is OC1(c2ccccc2-c2ccc3c(c2)c2ccccc2n3-c2ccccc2)c2cc(Br)ccc2-c2ccc(Br)cc21. The molecular formula is C37H23Br2NO. The monoisotopic (exact) mass is 655 g/mol. The minimum absolute atomic E-state index is 0.863. The second kappa shape index (κ2) is 9.28. The number of aromatic nitrogens is 1. The molecule has 0 radical (unpaired) electrons. The van der Waals surface area contributed by atoms with Crippen LogP contribution in [0.1, 0.15) is 16.7 Å². The second-order valence-electron chi connectivity index (χ2n) is 10.6. The van der Waals surface area contributed by atoms with Gasteiger partial charge in [0, 0.05) is 42.1 Å². The third-order valence-corrected chi connectivity index (χ3v) is 9.33. The van der Waals surface area contributed by atoms with Crippen molar-refractivity contribution in [3.8, 4) is 27.9 Å². The van der Waals surface area contributed by atoms with Crippen LogP contribution in [0.2, 0.25) is 0 Å². The van der Waals surface area contributed by atoms with Gasteiger partial charge in [-0.1, -0.05) is 111 Å². The van der Waals surface area contributed by atoms with Crippen molar-refractivity contribution in [1.29, 1.82) is 0 Å². The molecule has 2 nitrogen and oxygen atoms in total. The van der Waals surface area contributed by atoms with E-state index in [9.17, 15) is 5.11 Å². The van der Waals surface area contributed by atoms with E-state index in [1.165, 1.54) is 16.3 Å². The molecule has 0 bridgehead atoms. The van der Waals surface area contributed by atoms with Gasteiger partial charge in [0.1, 0.15) is 5.60 Å². The van der Waals surface area contributed by atoms with Crippen LogP contribution in [0.4, 0.5) is 0 Å². The van der Waals surface area contributed by atoms with E-state index in [1.54, 1.807) is 0 Å². The molecule has 0 saturated heterocycles. The molecule has 7 aromatic rings. The molecule has 0 unspecified atom stereocenters. The Morgan fingerprint density at radius 2 is 1.10 bits per heavy atom. The van der Waals surface area contributed by atoms with Gasteiger partial charge in [-0.2, -0.15) is 0 Å². The normalized spacial score (nSPS) is 13.4. The smallest absolute Gasteiger partial charge is 0.142 e. The number of aliphatic hydroxyl groups is 1. The van der Waals surface area contributed by atoms with Crippen molar-refractivity contribution in [3.05, 3.63) is 159 Å². The van der Waals surface area contributed by atoms with Crippen molar-refractivity contribution in [2.24, 2.45) is 0 Å². The van der Waals surface area contributed by atoms with Crippen LogP contribution in [0, 0.1) is 0 Å². The predicted octanol–water partition coefficient (Wildman–Crippen LogP) is 10.2. The zero-order valence-corrected chi connectivity index (χ0v) is 25.0. The standard InChI is InChI=1S/C37H23Br2NO/c38-24-15-17-28-29-18-16-25(39)22-34(29)37(41,33(28)21-24)32-12-6-4-10-27(32)23-14-19-36-31(20-23)30-11-5-7-13-35(30)40(36)26-8-2-1-3-9-26/h1-22,41H. The van der Waals surface area contributed by atoms with Crippen molar-refractivity contribution < 1.29 is 5.11 Å². The number of fused-ring (bicyclic) bond motifs is 6. The topological polar surface area (TPSA) is 25.2 Å². The van der Waals surface area contributed by atoms with Gasteiger partial charge in [0.15, 0.2) is 0 Å². The highest BCUT2D eigenvalue weighted by atomic mass is 79.9. The van der Waals surface area contributed by atoms with Crippen molar-refractivity contribution in [1.82, 2.24) is 4.57 Å². The third kappa shape index (κ3) is 3.64.